The van der Waals surface area contributed by atoms with E-state index in [1.807, 2.05) is 18.2 Å². The number of carbonyl (C=O) groups is 2. The Morgan fingerprint density at radius 2 is 2.00 bits per heavy atom. The molecule has 1 fully saturated rings. The number of benzene rings is 1. The van der Waals surface area contributed by atoms with Crippen molar-refractivity contribution in [3.63, 3.8) is 0 Å². The van der Waals surface area contributed by atoms with E-state index in [1.54, 1.807) is 6.07 Å². The topological polar surface area (TPSA) is 95.9 Å². The third kappa shape index (κ3) is 5.71. The second-order valence-electron chi connectivity index (χ2n) is 8.27. The zero-order chi connectivity index (χ0) is 20.7. The Morgan fingerprint density at radius 3 is 2.68 bits per heavy atom. The number of carbonyl (C=O) groups excluding carboxylic acids is 1. The van der Waals surface area contributed by atoms with Gasteiger partial charge < -0.3 is 20.3 Å². The van der Waals surface area contributed by atoms with Crippen molar-refractivity contribution < 1.29 is 24.5 Å². The normalized spacial score (nSPS) is 24.8. The average molecular weight is 392 g/mol. The van der Waals surface area contributed by atoms with Crippen LogP contribution in [0.1, 0.15) is 52.0 Å². The Kier molecular flexibility index (Phi) is 7.87. The van der Waals surface area contributed by atoms with Gasteiger partial charge in [-0.25, -0.2) is 0 Å². The van der Waals surface area contributed by atoms with Gasteiger partial charge in [0.05, 0.1) is 13.0 Å². The highest BCUT2D eigenvalue weighted by Gasteiger charge is 2.48. The second-order valence-corrected chi connectivity index (χ2v) is 8.27. The zero-order valence-electron chi connectivity index (χ0n) is 17.1. The van der Waals surface area contributed by atoms with Gasteiger partial charge in [0.15, 0.2) is 0 Å². The summed E-state index contributed by atoms with van der Waals surface area (Å²) in [5.41, 5.74) is -0.416. The van der Waals surface area contributed by atoms with Crippen molar-refractivity contribution >= 4 is 11.9 Å². The third-order valence-corrected chi connectivity index (χ3v) is 5.67. The van der Waals surface area contributed by atoms with Crippen LogP contribution in [0.2, 0.25) is 0 Å². The van der Waals surface area contributed by atoms with Gasteiger partial charge in [-0.2, -0.15) is 0 Å². The van der Waals surface area contributed by atoms with Crippen molar-refractivity contribution in [2.24, 2.45) is 17.8 Å². The average Bonchev–Trinajstić information content (AvgIpc) is 2.62. The van der Waals surface area contributed by atoms with Gasteiger partial charge in [0.1, 0.15) is 11.4 Å². The van der Waals surface area contributed by atoms with Gasteiger partial charge in [-0.1, -0.05) is 45.4 Å². The maximum absolute atomic E-state index is 12.8. The Bertz CT molecular complexity index is 675. The van der Waals surface area contributed by atoms with Gasteiger partial charge in [0.25, 0.3) is 5.91 Å². The summed E-state index contributed by atoms with van der Waals surface area (Å²) in [6.07, 6.45) is 2.89. The number of amides is 1. The SMILES string of the molecule is CC(C)[C@@H]1CC[C@@H](C)C[C@@]1(O)C(=O)NCCc1ccccc1OCCC(=O)O. The predicted molar refractivity (Wildman–Crippen MR) is 107 cm³/mol. The lowest BCUT2D eigenvalue weighted by Crippen LogP contribution is -2.56. The van der Waals surface area contributed by atoms with E-state index >= 15 is 0 Å². The Morgan fingerprint density at radius 1 is 1.29 bits per heavy atom. The second kappa shape index (κ2) is 9.92. The van der Waals surface area contributed by atoms with E-state index in [2.05, 4.69) is 26.1 Å². The van der Waals surface area contributed by atoms with E-state index in [-0.39, 0.29) is 30.8 Å². The molecule has 6 nitrogen and oxygen atoms in total. The van der Waals surface area contributed by atoms with E-state index in [0.717, 1.165) is 18.4 Å². The fourth-order valence-electron chi connectivity index (χ4n) is 4.20. The van der Waals surface area contributed by atoms with Gasteiger partial charge in [-0.05, 0) is 48.6 Å². The van der Waals surface area contributed by atoms with Crippen LogP contribution < -0.4 is 10.1 Å². The Balaban J connectivity index is 1.95. The summed E-state index contributed by atoms with van der Waals surface area (Å²) in [6, 6.07) is 7.41. The number of carboxylic acid groups (broad SMARTS) is 1. The Hall–Kier alpha value is -2.08. The van der Waals surface area contributed by atoms with Crippen LogP contribution in [0.5, 0.6) is 5.75 Å². The third-order valence-electron chi connectivity index (χ3n) is 5.67. The molecule has 0 heterocycles. The highest BCUT2D eigenvalue weighted by Crippen LogP contribution is 2.41. The number of hydrogen-bond donors (Lipinski definition) is 3. The van der Waals surface area contributed by atoms with Crippen molar-refractivity contribution in [1.29, 1.82) is 0 Å². The molecule has 3 atom stereocenters. The first kappa shape index (κ1) is 22.2. The smallest absolute Gasteiger partial charge is 0.306 e. The van der Waals surface area contributed by atoms with Crippen LogP contribution in [-0.2, 0) is 16.0 Å². The summed E-state index contributed by atoms with van der Waals surface area (Å²) in [5.74, 6) is -0.0273. The van der Waals surface area contributed by atoms with Crippen LogP contribution in [-0.4, -0.2) is 40.8 Å². The molecule has 0 radical (unpaired) electrons. The minimum atomic E-state index is -1.32. The van der Waals surface area contributed by atoms with E-state index in [0.29, 0.717) is 31.1 Å². The number of para-hydroxylation sites is 1. The van der Waals surface area contributed by atoms with Crippen LogP contribution in [0.3, 0.4) is 0 Å². The summed E-state index contributed by atoms with van der Waals surface area (Å²) >= 11 is 0. The molecule has 0 spiro atoms. The monoisotopic (exact) mass is 391 g/mol. The molecule has 1 amide bonds. The van der Waals surface area contributed by atoms with Gasteiger partial charge in [-0.3, -0.25) is 9.59 Å². The molecule has 6 heteroatoms. The first-order chi connectivity index (χ1) is 13.2. The van der Waals surface area contributed by atoms with E-state index in [1.165, 1.54) is 0 Å². The minimum absolute atomic E-state index is 0.0321. The molecule has 0 bridgehead atoms. The number of ether oxygens (including phenoxy) is 1. The molecule has 2 rings (SSSR count). The molecule has 28 heavy (non-hydrogen) atoms. The van der Waals surface area contributed by atoms with Crippen molar-refractivity contribution in [2.45, 2.75) is 58.5 Å². The summed E-state index contributed by atoms with van der Waals surface area (Å²) < 4.78 is 5.56. The standard InChI is InChI=1S/C22H33NO5/c1-15(2)18-9-8-16(3)14-22(18,27)21(26)23-12-10-17-6-4-5-7-19(17)28-13-11-20(24)25/h4-7,15-16,18,27H,8-14H2,1-3H3,(H,23,26)(H,24,25)/t16-,18+,22+/m1/s1. The molecule has 156 valence electrons. The number of rotatable bonds is 9. The molecular weight excluding hydrogens is 358 g/mol. The maximum Gasteiger partial charge on any atom is 0.306 e. The molecule has 1 saturated carbocycles. The molecule has 0 unspecified atom stereocenters. The first-order valence-corrected chi connectivity index (χ1v) is 10.2. The minimum Gasteiger partial charge on any atom is -0.493 e. The summed E-state index contributed by atoms with van der Waals surface area (Å²) in [7, 11) is 0. The molecule has 1 aliphatic rings. The van der Waals surface area contributed by atoms with Crippen LogP contribution in [0, 0.1) is 17.8 Å². The molecule has 1 aromatic rings. The largest absolute Gasteiger partial charge is 0.493 e. The molecule has 1 aliphatic carbocycles. The van der Waals surface area contributed by atoms with Crippen LogP contribution >= 0.6 is 0 Å². The van der Waals surface area contributed by atoms with Crippen LogP contribution in [0.15, 0.2) is 24.3 Å². The van der Waals surface area contributed by atoms with E-state index in [4.69, 9.17) is 9.84 Å². The van der Waals surface area contributed by atoms with Crippen LogP contribution in [0.4, 0.5) is 0 Å². The van der Waals surface area contributed by atoms with E-state index in [9.17, 15) is 14.7 Å². The number of aliphatic hydroxyl groups is 1. The van der Waals surface area contributed by atoms with E-state index < -0.39 is 11.6 Å². The van der Waals surface area contributed by atoms with Crippen LogP contribution in [0.25, 0.3) is 0 Å². The number of nitrogens with one attached hydrogen (secondary N) is 1. The van der Waals surface area contributed by atoms with Crippen molar-refractivity contribution in [3.05, 3.63) is 29.8 Å². The van der Waals surface area contributed by atoms with Gasteiger partial charge in [0.2, 0.25) is 0 Å². The predicted octanol–water partition coefficient (Wildman–Crippen LogP) is 3.02. The molecular formula is C22H33NO5. The highest BCUT2D eigenvalue weighted by atomic mass is 16.5. The number of aliphatic carboxylic acids is 1. The lowest BCUT2D eigenvalue weighted by atomic mass is 9.66. The van der Waals surface area contributed by atoms with Gasteiger partial charge >= 0.3 is 5.97 Å². The Labute approximate surface area is 167 Å². The zero-order valence-corrected chi connectivity index (χ0v) is 17.1. The summed E-state index contributed by atoms with van der Waals surface area (Å²) in [6.45, 7) is 6.69. The fraction of sp³-hybridized carbons (Fsp3) is 0.636. The molecule has 1 aromatic carbocycles. The van der Waals surface area contributed by atoms with Crippen molar-refractivity contribution in [3.8, 4) is 5.75 Å². The molecule has 0 saturated heterocycles. The quantitative estimate of drug-likeness (QED) is 0.601. The molecule has 0 aromatic heterocycles. The molecule has 0 aliphatic heterocycles. The molecule has 3 N–H and O–H groups in total. The van der Waals surface area contributed by atoms with Gasteiger partial charge in [0, 0.05) is 6.54 Å². The summed E-state index contributed by atoms with van der Waals surface area (Å²) in [4.78, 5) is 23.5. The van der Waals surface area contributed by atoms with Gasteiger partial charge in [-0.15, -0.1) is 0 Å². The highest BCUT2D eigenvalue weighted by molar-refractivity contribution is 5.85. The lowest BCUT2D eigenvalue weighted by Gasteiger charge is -2.43. The van der Waals surface area contributed by atoms with Crippen molar-refractivity contribution in [1.82, 2.24) is 5.32 Å². The lowest BCUT2D eigenvalue weighted by molar-refractivity contribution is -0.155. The first-order valence-electron chi connectivity index (χ1n) is 10.2. The number of hydrogen-bond acceptors (Lipinski definition) is 4. The maximum atomic E-state index is 12.8. The van der Waals surface area contributed by atoms with Crippen molar-refractivity contribution in [2.75, 3.05) is 13.2 Å². The number of carboxylic acids is 1. The summed E-state index contributed by atoms with van der Waals surface area (Å²) in [5, 5.41) is 22.8. The fourth-order valence-corrected chi connectivity index (χ4v) is 4.20.